The monoisotopic (exact) mass is 338 g/mol. The number of carbonyl (C=O) groups excluding carboxylic acids is 1. The second-order valence-electron chi connectivity index (χ2n) is 4.92. The summed E-state index contributed by atoms with van der Waals surface area (Å²) in [6, 6.07) is 7.43. The van der Waals surface area contributed by atoms with Crippen LogP contribution in [0.25, 0.3) is 0 Å². The molecule has 23 heavy (non-hydrogen) atoms. The quantitative estimate of drug-likeness (QED) is 0.596. The number of rotatable bonds is 6. The van der Waals surface area contributed by atoms with Crippen molar-refractivity contribution in [3.8, 4) is 5.75 Å². The molecule has 1 aromatic heterocycles. The molecule has 2 rings (SSSR count). The van der Waals surface area contributed by atoms with E-state index < -0.39 is 4.92 Å². The average molecular weight is 339 g/mol. The van der Waals surface area contributed by atoms with Gasteiger partial charge in [0.15, 0.2) is 6.61 Å². The molecule has 0 aliphatic heterocycles. The Balaban J connectivity index is 1.92. The largest absolute Gasteiger partial charge is 0.482 e. The number of nitro benzene ring substituents is 1. The van der Waals surface area contributed by atoms with Crippen LogP contribution in [0.5, 0.6) is 5.75 Å². The summed E-state index contributed by atoms with van der Waals surface area (Å²) in [5.74, 6) is 1.39. The molecule has 2 aromatic rings. The lowest BCUT2D eigenvalue weighted by Gasteiger charge is -2.16. The molecule has 1 amide bonds. The van der Waals surface area contributed by atoms with E-state index in [2.05, 4.69) is 0 Å². The Morgan fingerprint density at radius 2 is 2.13 bits per heavy atom. The number of hydrogen-bond acceptors (Lipinski definition) is 5. The van der Waals surface area contributed by atoms with E-state index in [0.29, 0.717) is 12.3 Å². The molecule has 1 aromatic carbocycles. The molecule has 0 saturated carbocycles. The number of ether oxygens (including phenoxy) is 1. The molecule has 8 heteroatoms. The minimum absolute atomic E-state index is 0.0799. The number of carbonyl (C=O) groups is 1. The Morgan fingerprint density at radius 3 is 2.70 bits per heavy atom. The van der Waals surface area contributed by atoms with Crippen molar-refractivity contribution < 1.29 is 18.9 Å². The van der Waals surface area contributed by atoms with Gasteiger partial charge < -0.3 is 14.1 Å². The smallest absolute Gasteiger partial charge is 0.271 e. The Morgan fingerprint density at radius 1 is 1.39 bits per heavy atom. The predicted molar refractivity (Wildman–Crippen MR) is 83.5 cm³/mol. The van der Waals surface area contributed by atoms with Crippen LogP contribution < -0.4 is 4.74 Å². The molecular formula is C15H15ClN2O5. The molecule has 7 nitrogen and oxygen atoms in total. The van der Waals surface area contributed by atoms with Crippen molar-refractivity contribution in [1.29, 1.82) is 0 Å². The molecule has 0 fully saturated rings. The molecule has 0 radical (unpaired) electrons. The van der Waals surface area contributed by atoms with Gasteiger partial charge in [0.25, 0.3) is 11.6 Å². The maximum Gasteiger partial charge on any atom is 0.271 e. The van der Waals surface area contributed by atoms with Gasteiger partial charge in [-0.15, -0.1) is 0 Å². The molecule has 0 unspecified atom stereocenters. The molecule has 0 bridgehead atoms. The predicted octanol–water partition coefficient (Wildman–Crippen LogP) is 3.19. The number of amides is 1. The first-order valence-corrected chi connectivity index (χ1v) is 7.10. The Kier molecular flexibility index (Phi) is 5.23. The summed E-state index contributed by atoms with van der Waals surface area (Å²) >= 11 is 5.90. The minimum Gasteiger partial charge on any atom is -0.482 e. The number of furan rings is 1. The van der Waals surface area contributed by atoms with Gasteiger partial charge in [0.1, 0.15) is 17.3 Å². The third kappa shape index (κ3) is 4.46. The second kappa shape index (κ2) is 7.15. The van der Waals surface area contributed by atoms with Gasteiger partial charge >= 0.3 is 0 Å². The van der Waals surface area contributed by atoms with Crippen molar-refractivity contribution >= 4 is 23.2 Å². The van der Waals surface area contributed by atoms with E-state index in [1.807, 2.05) is 13.0 Å². The second-order valence-corrected chi connectivity index (χ2v) is 5.33. The Labute approximate surface area is 137 Å². The lowest BCUT2D eigenvalue weighted by atomic mass is 10.3. The number of aryl methyl sites for hydroxylation is 1. The van der Waals surface area contributed by atoms with Gasteiger partial charge in [-0.3, -0.25) is 14.9 Å². The fourth-order valence-corrected chi connectivity index (χ4v) is 2.09. The van der Waals surface area contributed by atoms with Crippen LogP contribution in [0.3, 0.4) is 0 Å². The number of nitrogens with zero attached hydrogens (tertiary/aromatic N) is 2. The third-order valence-corrected chi connectivity index (χ3v) is 3.39. The number of hydrogen-bond donors (Lipinski definition) is 0. The first-order chi connectivity index (χ1) is 10.9. The van der Waals surface area contributed by atoms with Gasteiger partial charge in [0.2, 0.25) is 0 Å². The highest BCUT2D eigenvalue weighted by Crippen LogP contribution is 2.28. The topological polar surface area (TPSA) is 85.8 Å². The van der Waals surface area contributed by atoms with Crippen molar-refractivity contribution in [3.05, 3.63) is 57.0 Å². The van der Waals surface area contributed by atoms with Crippen LogP contribution in [-0.2, 0) is 11.3 Å². The van der Waals surface area contributed by atoms with Gasteiger partial charge in [-0.1, -0.05) is 11.6 Å². The van der Waals surface area contributed by atoms with E-state index in [1.165, 1.54) is 23.1 Å². The fraction of sp³-hybridized carbons (Fsp3) is 0.267. The standard InChI is InChI=1S/C15H15ClN2O5/c1-10-3-5-12(23-10)8-17(2)15(19)9-22-14-6-4-11(18(20)21)7-13(14)16/h3-7H,8-9H2,1-2H3. The zero-order chi connectivity index (χ0) is 17.0. The van der Waals surface area contributed by atoms with E-state index in [-0.39, 0.29) is 29.0 Å². The first kappa shape index (κ1) is 16.8. The summed E-state index contributed by atoms with van der Waals surface area (Å²) in [7, 11) is 1.63. The number of benzene rings is 1. The Hall–Kier alpha value is -2.54. The number of likely N-dealkylation sites (N-methyl/N-ethyl adjacent to an activating group) is 1. The van der Waals surface area contributed by atoms with Crippen LogP contribution in [0.15, 0.2) is 34.7 Å². The lowest BCUT2D eigenvalue weighted by molar-refractivity contribution is -0.384. The highest BCUT2D eigenvalue weighted by atomic mass is 35.5. The van der Waals surface area contributed by atoms with Crippen molar-refractivity contribution in [3.63, 3.8) is 0 Å². The van der Waals surface area contributed by atoms with E-state index >= 15 is 0 Å². The summed E-state index contributed by atoms with van der Waals surface area (Å²) < 4.78 is 10.7. The van der Waals surface area contributed by atoms with Crippen LogP contribution in [-0.4, -0.2) is 29.4 Å². The summed E-state index contributed by atoms with van der Waals surface area (Å²) in [6.45, 7) is 1.92. The van der Waals surface area contributed by atoms with Crippen LogP contribution >= 0.6 is 11.6 Å². The molecule has 0 saturated heterocycles. The summed E-state index contributed by atoms with van der Waals surface area (Å²) in [5.41, 5.74) is -0.140. The summed E-state index contributed by atoms with van der Waals surface area (Å²) in [4.78, 5) is 23.6. The maximum atomic E-state index is 12.0. The van der Waals surface area contributed by atoms with Crippen molar-refractivity contribution in [2.75, 3.05) is 13.7 Å². The first-order valence-electron chi connectivity index (χ1n) is 6.73. The molecule has 0 spiro atoms. The van der Waals surface area contributed by atoms with Crippen molar-refractivity contribution in [2.45, 2.75) is 13.5 Å². The van der Waals surface area contributed by atoms with Crippen LogP contribution in [0.4, 0.5) is 5.69 Å². The third-order valence-electron chi connectivity index (χ3n) is 3.09. The van der Waals surface area contributed by atoms with Crippen LogP contribution in [0, 0.1) is 17.0 Å². The van der Waals surface area contributed by atoms with Crippen LogP contribution in [0.2, 0.25) is 5.02 Å². The molecular weight excluding hydrogens is 324 g/mol. The van der Waals surface area contributed by atoms with Crippen molar-refractivity contribution in [2.24, 2.45) is 0 Å². The molecule has 0 aliphatic carbocycles. The highest BCUT2D eigenvalue weighted by molar-refractivity contribution is 6.32. The van der Waals surface area contributed by atoms with Gasteiger partial charge in [0.05, 0.1) is 16.5 Å². The molecule has 0 N–H and O–H groups in total. The summed E-state index contributed by atoms with van der Waals surface area (Å²) in [6.07, 6.45) is 0. The fourth-order valence-electron chi connectivity index (χ4n) is 1.86. The number of halogens is 1. The molecule has 122 valence electrons. The summed E-state index contributed by atoms with van der Waals surface area (Å²) in [5, 5.41) is 10.7. The number of non-ortho nitro benzene ring substituents is 1. The van der Waals surface area contributed by atoms with Gasteiger partial charge in [-0.2, -0.15) is 0 Å². The van der Waals surface area contributed by atoms with Gasteiger partial charge in [-0.05, 0) is 25.1 Å². The molecule has 0 atom stereocenters. The molecule has 1 heterocycles. The number of nitro groups is 1. The van der Waals surface area contributed by atoms with Crippen molar-refractivity contribution in [1.82, 2.24) is 4.90 Å². The zero-order valence-electron chi connectivity index (χ0n) is 12.6. The van der Waals surface area contributed by atoms with E-state index in [1.54, 1.807) is 13.1 Å². The van der Waals surface area contributed by atoms with E-state index in [9.17, 15) is 14.9 Å². The molecule has 0 aliphatic rings. The maximum absolute atomic E-state index is 12.0. The normalized spacial score (nSPS) is 10.4. The highest BCUT2D eigenvalue weighted by Gasteiger charge is 2.14. The minimum atomic E-state index is -0.556. The Bertz CT molecular complexity index is 728. The van der Waals surface area contributed by atoms with E-state index in [4.69, 9.17) is 20.8 Å². The van der Waals surface area contributed by atoms with Crippen LogP contribution in [0.1, 0.15) is 11.5 Å². The van der Waals surface area contributed by atoms with Gasteiger partial charge in [0, 0.05) is 19.2 Å². The zero-order valence-corrected chi connectivity index (χ0v) is 13.4. The van der Waals surface area contributed by atoms with E-state index in [0.717, 1.165) is 5.76 Å². The lowest BCUT2D eigenvalue weighted by Crippen LogP contribution is -2.30. The SMILES string of the molecule is Cc1ccc(CN(C)C(=O)COc2ccc([N+](=O)[O-])cc2Cl)o1. The average Bonchev–Trinajstić information content (AvgIpc) is 2.90. The van der Waals surface area contributed by atoms with Gasteiger partial charge in [-0.25, -0.2) is 0 Å².